The number of ether oxygens (including phenoxy) is 1. The molecule has 146 valence electrons. The van der Waals surface area contributed by atoms with Crippen LogP contribution in [-0.2, 0) is 14.3 Å². The number of carbonyl (C=O) groups excluding carboxylic acids is 3. The molecule has 0 bridgehead atoms. The van der Waals surface area contributed by atoms with Gasteiger partial charge in [0.05, 0.1) is 23.4 Å². The minimum absolute atomic E-state index is 0.0770. The highest BCUT2D eigenvalue weighted by Gasteiger charge is 2.58. The van der Waals surface area contributed by atoms with Crippen molar-refractivity contribution in [3.05, 3.63) is 28.8 Å². The maximum atomic E-state index is 13.1. The van der Waals surface area contributed by atoms with Gasteiger partial charge in [-0.1, -0.05) is 18.5 Å². The highest BCUT2D eigenvalue weighted by molar-refractivity contribution is 6.34. The monoisotopic (exact) mass is 392 g/mol. The molecule has 0 radical (unpaired) electrons. The number of nitrogens with zero attached hydrogens (tertiary/aromatic N) is 1. The number of esters is 1. The summed E-state index contributed by atoms with van der Waals surface area (Å²) >= 11 is 6.17. The first-order valence-electron chi connectivity index (χ1n) is 9.43. The number of benzene rings is 1. The van der Waals surface area contributed by atoms with Gasteiger partial charge in [0.1, 0.15) is 5.41 Å². The highest BCUT2D eigenvalue weighted by atomic mass is 35.5. The van der Waals surface area contributed by atoms with Crippen LogP contribution in [0.3, 0.4) is 0 Å². The van der Waals surface area contributed by atoms with Crippen LogP contribution in [0.15, 0.2) is 18.2 Å². The van der Waals surface area contributed by atoms with Crippen LogP contribution in [0.1, 0.15) is 55.8 Å². The van der Waals surface area contributed by atoms with Crippen molar-refractivity contribution >= 4 is 35.1 Å². The van der Waals surface area contributed by atoms with Gasteiger partial charge in [0, 0.05) is 12.6 Å². The second-order valence-corrected chi connectivity index (χ2v) is 7.69. The maximum Gasteiger partial charge on any atom is 0.337 e. The first kappa shape index (κ1) is 19.7. The lowest BCUT2D eigenvalue weighted by Gasteiger charge is -2.37. The Balaban J connectivity index is 1.78. The van der Waals surface area contributed by atoms with Gasteiger partial charge in [-0.05, 0) is 56.7 Å². The van der Waals surface area contributed by atoms with E-state index in [9.17, 15) is 14.4 Å². The molecular formula is C20H25ClN2O4. The van der Waals surface area contributed by atoms with Crippen molar-refractivity contribution in [1.82, 2.24) is 4.90 Å². The first-order chi connectivity index (χ1) is 12.9. The van der Waals surface area contributed by atoms with E-state index in [0.29, 0.717) is 30.1 Å². The Hall–Kier alpha value is -2.08. The predicted molar refractivity (Wildman–Crippen MR) is 103 cm³/mol. The second-order valence-electron chi connectivity index (χ2n) is 7.28. The lowest BCUT2D eigenvalue weighted by molar-refractivity contribution is -0.145. The summed E-state index contributed by atoms with van der Waals surface area (Å²) in [7, 11) is 1.29. The molecule has 2 fully saturated rings. The Morgan fingerprint density at radius 2 is 2.04 bits per heavy atom. The van der Waals surface area contributed by atoms with E-state index in [1.54, 1.807) is 0 Å². The number of carbonyl (C=O) groups is 3. The normalized spacial score (nSPS) is 20.7. The van der Waals surface area contributed by atoms with Crippen LogP contribution >= 0.6 is 11.6 Å². The molecule has 6 nitrogen and oxygen atoms in total. The van der Waals surface area contributed by atoms with Gasteiger partial charge in [0.25, 0.3) is 0 Å². The Labute approximate surface area is 164 Å². The van der Waals surface area contributed by atoms with Gasteiger partial charge in [0.15, 0.2) is 0 Å². The molecule has 1 atom stereocenters. The van der Waals surface area contributed by atoms with Crippen LogP contribution in [0.2, 0.25) is 5.02 Å². The third kappa shape index (κ3) is 3.81. The van der Waals surface area contributed by atoms with Gasteiger partial charge < -0.3 is 15.0 Å². The fraction of sp³-hybridized carbons (Fsp3) is 0.550. The number of hydrogen-bond acceptors (Lipinski definition) is 4. The molecule has 3 rings (SSSR count). The van der Waals surface area contributed by atoms with Gasteiger partial charge in [0.2, 0.25) is 11.8 Å². The molecule has 1 aromatic rings. The molecular weight excluding hydrogens is 368 g/mol. The standard InChI is InChI=1S/C20H25ClN2O4/c1-3-14-6-4-5-11-23(14)19(26)20(9-10-20)18(25)22-16-12-13(17(24)27-2)7-8-15(16)21/h7-8,12,14H,3-6,9-11H2,1-2H3,(H,22,25). The topological polar surface area (TPSA) is 75.7 Å². The molecule has 1 aliphatic heterocycles. The summed E-state index contributed by atoms with van der Waals surface area (Å²) in [4.78, 5) is 39.7. The van der Waals surface area contributed by atoms with Gasteiger partial charge in [-0.25, -0.2) is 4.79 Å². The molecule has 1 heterocycles. The molecule has 27 heavy (non-hydrogen) atoms. The van der Waals surface area contributed by atoms with Gasteiger partial charge in [-0.15, -0.1) is 0 Å². The van der Waals surface area contributed by atoms with Gasteiger partial charge in [-0.3, -0.25) is 9.59 Å². The lowest BCUT2D eigenvalue weighted by Crippen LogP contribution is -2.49. The summed E-state index contributed by atoms with van der Waals surface area (Å²) < 4.78 is 4.70. The molecule has 7 heteroatoms. The number of halogens is 1. The van der Waals surface area contributed by atoms with E-state index < -0.39 is 11.4 Å². The third-order valence-corrected chi connectivity index (χ3v) is 5.92. The minimum atomic E-state index is -1.00. The van der Waals surface area contributed by atoms with E-state index >= 15 is 0 Å². The molecule has 0 spiro atoms. The van der Waals surface area contributed by atoms with Crippen molar-refractivity contribution in [2.24, 2.45) is 5.41 Å². The van der Waals surface area contributed by atoms with Crippen LogP contribution in [0, 0.1) is 5.41 Å². The third-order valence-electron chi connectivity index (χ3n) is 5.59. The van der Waals surface area contributed by atoms with E-state index in [4.69, 9.17) is 16.3 Å². The summed E-state index contributed by atoms with van der Waals surface area (Å²) in [5, 5.41) is 3.07. The molecule has 1 N–H and O–H groups in total. The van der Waals surface area contributed by atoms with Crippen LogP contribution in [0.5, 0.6) is 0 Å². The number of piperidine rings is 1. The SMILES string of the molecule is CCC1CCCCN1C(=O)C1(C(=O)Nc2cc(C(=O)OC)ccc2Cl)CC1. The molecule has 0 aromatic heterocycles. The Kier molecular flexibility index (Phi) is 5.75. The average molecular weight is 393 g/mol. The fourth-order valence-electron chi connectivity index (χ4n) is 3.74. The van der Waals surface area contributed by atoms with Crippen molar-refractivity contribution in [3.8, 4) is 0 Å². The molecule has 1 saturated carbocycles. The lowest BCUT2D eigenvalue weighted by atomic mass is 9.95. The molecule has 1 aromatic carbocycles. The minimum Gasteiger partial charge on any atom is -0.465 e. The summed E-state index contributed by atoms with van der Waals surface area (Å²) in [6.45, 7) is 2.79. The molecule has 1 unspecified atom stereocenters. The predicted octanol–water partition coefficient (Wildman–Crippen LogP) is 3.64. The maximum absolute atomic E-state index is 13.1. The van der Waals surface area contributed by atoms with Crippen LogP contribution in [-0.4, -0.2) is 42.4 Å². The van der Waals surface area contributed by atoms with E-state index in [1.807, 2.05) is 4.90 Å². The van der Waals surface area contributed by atoms with Gasteiger partial charge >= 0.3 is 5.97 Å². The van der Waals surface area contributed by atoms with Crippen LogP contribution < -0.4 is 5.32 Å². The number of hydrogen-bond donors (Lipinski definition) is 1. The zero-order valence-electron chi connectivity index (χ0n) is 15.7. The molecule has 1 aliphatic carbocycles. The van der Waals surface area contributed by atoms with E-state index in [2.05, 4.69) is 12.2 Å². The highest BCUT2D eigenvalue weighted by Crippen LogP contribution is 2.49. The quantitative estimate of drug-likeness (QED) is 0.613. The Bertz CT molecular complexity index is 760. The summed E-state index contributed by atoms with van der Waals surface area (Å²) in [6.07, 6.45) is 5.07. The zero-order chi connectivity index (χ0) is 19.6. The Morgan fingerprint density at radius 3 is 2.67 bits per heavy atom. The number of anilines is 1. The van der Waals surface area contributed by atoms with E-state index in [1.165, 1.54) is 25.3 Å². The van der Waals surface area contributed by atoms with Crippen molar-refractivity contribution in [2.75, 3.05) is 19.0 Å². The van der Waals surface area contributed by atoms with Crippen LogP contribution in [0.4, 0.5) is 5.69 Å². The number of amides is 2. The number of nitrogens with one attached hydrogen (secondary N) is 1. The van der Waals surface area contributed by atoms with E-state index in [-0.39, 0.29) is 23.4 Å². The van der Waals surface area contributed by atoms with Crippen LogP contribution in [0.25, 0.3) is 0 Å². The summed E-state index contributed by atoms with van der Waals surface area (Å²) in [5.41, 5.74) is -0.403. The molecule has 1 saturated heterocycles. The first-order valence-corrected chi connectivity index (χ1v) is 9.81. The summed E-state index contributed by atoms with van der Waals surface area (Å²) in [5.74, 6) is -0.942. The summed E-state index contributed by atoms with van der Waals surface area (Å²) in [6, 6.07) is 4.74. The zero-order valence-corrected chi connectivity index (χ0v) is 16.5. The van der Waals surface area contributed by atoms with Crippen molar-refractivity contribution in [1.29, 1.82) is 0 Å². The average Bonchev–Trinajstić information content (AvgIpc) is 3.50. The molecule has 2 aliphatic rings. The van der Waals surface area contributed by atoms with Crippen molar-refractivity contribution < 1.29 is 19.1 Å². The van der Waals surface area contributed by atoms with Crippen molar-refractivity contribution in [2.45, 2.75) is 51.5 Å². The fourth-order valence-corrected chi connectivity index (χ4v) is 3.90. The number of likely N-dealkylation sites (tertiary alicyclic amines) is 1. The number of methoxy groups -OCH3 is 1. The van der Waals surface area contributed by atoms with Crippen molar-refractivity contribution in [3.63, 3.8) is 0 Å². The smallest absolute Gasteiger partial charge is 0.337 e. The molecule has 2 amide bonds. The second kappa shape index (κ2) is 7.89. The van der Waals surface area contributed by atoms with E-state index in [0.717, 1.165) is 25.7 Å². The Morgan fingerprint density at radius 1 is 1.30 bits per heavy atom. The van der Waals surface area contributed by atoms with Gasteiger partial charge in [-0.2, -0.15) is 0 Å². The number of rotatable bonds is 5. The largest absolute Gasteiger partial charge is 0.465 e.